The van der Waals surface area contributed by atoms with Crippen LogP contribution in [0.1, 0.15) is 25.0 Å². The van der Waals surface area contributed by atoms with Crippen LogP contribution in [0.5, 0.6) is 0 Å². The van der Waals surface area contributed by atoms with Gasteiger partial charge in [-0.1, -0.05) is 18.2 Å². The van der Waals surface area contributed by atoms with Crippen molar-refractivity contribution in [1.29, 1.82) is 5.26 Å². The molecule has 0 spiro atoms. The van der Waals surface area contributed by atoms with Crippen LogP contribution in [0.25, 0.3) is 10.9 Å². The zero-order valence-electron chi connectivity index (χ0n) is 10.8. The Kier molecular flexibility index (Phi) is 2.56. The Labute approximate surface area is 111 Å². The summed E-state index contributed by atoms with van der Waals surface area (Å²) in [5, 5.41) is 13.1. The van der Waals surface area contributed by atoms with Gasteiger partial charge in [0, 0.05) is 16.6 Å². The molecule has 0 atom stereocenters. The van der Waals surface area contributed by atoms with Gasteiger partial charge in [-0.3, -0.25) is 4.79 Å². The maximum absolute atomic E-state index is 12.3. The van der Waals surface area contributed by atoms with Gasteiger partial charge in [0.25, 0.3) is 0 Å². The molecule has 1 aliphatic rings. The number of para-hydroxylation sites is 1. The molecule has 96 valence electrons. The molecule has 4 nitrogen and oxygen atoms in total. The van der Waals surface area contributed by atoms with E-state index in [1.807, 2.05) is 31.2 Å². The number of benzene rings is 1. The van der Waals surface area contributed by atoms with Crippen LogP contribution in [0.2, 0.25) is 0 Å². The standard InChI is InChI=1S/C15H15N3O/c1-10-13(11-5-2-3-6-12(11)17-10)18-14(19)15(9-16)7-4-8-15/h2-3,5-6,17H,4,7-8H2,1H3,(H,18,19). The average Bonchev–Trinajstić information content (AvgIpc) is 2.66. The van der Waals surface area contributed by atoms with Crippen molar-refractivity contribution in [2.45, 2.75) is 26.2 Å². The first-order chi connectivity index (χ1) is 9.16. The molecule has 0 aliphatic heterocycles. The number of aromatic amines is 1. The summed E-state index contributed by atoms with van der Waals surface area (Å²) in [6.45, 7) is 1.93. The Bertz CT molecular complexity index is 689. The fourth-order valence-corrected chi connectivity index (χ4v) is 2.59. The number of H-pyrrole nitrogens is 1. The number of amides is 1. The van der Waals surface area contributed by atoms with E-state index >= 15 is 0 Å². The molecule has 1 amide bonds. The molecule has 1 saturated carbocycles. The molecule has 0 radical (unpaired) electrons. The number of anilines is 1. The molecule has 0 bridgehead atoms. The minimum absolute atomic E-state index is 0.172. The van der Waals surface area contributed by atoms with E-state index in [1.165, 1.54) is 0 Å². The van der Waals surface area contributed by atoms with E-state index in [0.29, 0.717) is 12.8 Å². The van der Waals surface area contributed by atoms with E-state index in [2.05, 4.69) is 16.4 Å². The second-order valence-electron chi connectivity index (χ2n) is 5.17. The van der Waals surface area contributed by atoms with Gasteiger partial charge >= 0.3 is 0 Å². The predicted molar refractivity (Wildman–Crippen MR) is 73.6 cm³/mol. The number of carbonyl (C=O) groups excluding carboxylic acids is 1. The fourth-order valence-electron chi connectivity index (χ4n) is 2.59. The third-order valence-corrected chi connectivity index (χ3v) is 3.99. The number of hydrogen-bond donors (Lipinski definition) is 2. The highest BCUT2D eigenvalue weighted by Gasteiger charge is 2.44. The Hall–Kier alpha value is -2.28. The van der Waals surface area contributed by atoms with Crippen molar-refractivity contribution < 1.29 is 4.79 Å². The molecule has 19 heavy (non-hydrogen) atoms. The number of hydrogen-bond acceptors (Lipinski definition) is 2. The lowest BCUT2D eigenvalue weighted by molar-refractivity contribution is -0.126. The molecule has 0 unspecified atom stereocenters. The lowest BCUT2D eigenvalue weighted by atomic mass is 9.69. The van der Waals surface area contributed by atoms with Gasteiger partial charge in [-0.25, -0.2) is 0 Å². The van der Waals surface area contributed by atoms with E-state index in [-0.39, 0.29) is 5.91 Å². The lowest BCUT2D eigenvalue weighted by Gasteiger charge is -2.33. The predicted octanol–water partition coefficient (Wildman–Crippen LogP) is 3.11. The van der Waals surface area contributed by atoms with Gasteiger partial charge < -0.3 is 10.3 Å². The number of fused-ring (bicyclic) bond motifs is 1. The summed E-state index contributed by atoms with van der Waals surface area (Å²) in [5.41, 5.74) is 1.89. The van der Waals surface area contributed by atoms with Crippen LogP contribution in [0.15, 0.2) is 24.3 Å². The minimum Gasteiger partial charge on any atom is -0.357 e. The highest BCUT2D eigenvalue weighted by atomic mass is 16.2. The summed E-state index contributed by atoms with van der Waals surface area (Å²) >= 11 is 0. The Morgan fingerprint density at radius 3 is 2.79 bits per heavy atom. The topological polar surface area (TPSA) is 68.7 Å². The molecule has 3 rings (SSSR count). The smallest absolute Gasteiger partial charge is 0.244 e. The first-order valence-corrected chi connectivity index (χ1v) is 6.46. The molecule has 1 aromatic carbocycles. The lowest BCUT2D eigenvalue weighted by Crippen LogP contribution is -2.40. The molecule has 1 aromatic heterocycles. The van der Waals surface area contributed by atoms with Gasteiger partial charge in [0.1, 0.15) is 5.41 Å². The first kappa shape index (κ1) is 11.8. The van der Waals surface area contributed by atoms with Crippen molar-refractivity contribution in [2.75, 3.05) is 5.32 Å². The van der Waals surface area contributed by atoms with Gasteiger partial charge in [0.2, 0.25) is 5.91 Å². The quantitative estimate of drug-likeness (QED) is 0.863. The van der Waals surface area contributed by atoms with Crippen LogP contribution >= 0.6 is 0 Å². The fraction of sp³-hybridized carbons (Fsp3) is 0.333. The van der Waals surface area contributed by atoms with Crippen LogP contribution in [-0.4, -0.2) is 10.9 Å². The number of rotatable bonds is 2. The first-order valence-electron chi connectivity index (χ1n) is 6.46. The number of nitriles is 1. The SMILES string of the molecule is Cc1[nH]c2ccccc2c1NC(=O)C1(C#N)CCC1. The van der Waals surface area contributed by atoms with Crippen LogP contribution in [0.3, 0.4) is 0 Å². The largest absolute Gasteiger partial charge is 0.357 e. The summed E-state index contributed by atoms with van der Waals surface area (Å²) in [5.74, 6) is -0.172. The maximum Gasteiger partial charge on any atom is 0.244 e. The van der Waals surface area contributed by atoms with Gasteiger partial charge in [-0.2, -0.15) is 5.26 Å². The molecule has 1 aliphatic carbocycles. The van der Waals surface area contributed by atoms with E-state index in [0.717, 1.165) is 28.7 Å². The molecule has 2 aromatic rings. The van der Waals surface area contributed by atoms with Crippen LogP contribution < -0.4 is 5.32 Å². The molecule has 2 N–H and O–H groups in total. The van der Waals surface area contributed by atoms with Crippen LogP contribution in [0.4, 0.5) is 5.69 Å². The van der Waals surface area contributed by atoms with Crippen molar-refractivity contribution in [2.24, 2.45) is 5.41 Å². The Morgan fingerprint density at radius 1 is 1.42 bits per heavy atom. The maximum atomic E-state index is 12.3. The van der Waals surface area contributed by atoms with Crippen LogP contribution in [-0.2, 0) is 4.79 Å². The summed E-state index contributed by atoms with van der Waals surface area (Å²) in [6, 6.07) is 10.0. The zero-order chi connectivity index (χ0) is 13.5. The van der Waals surface area contributed by atoms with Crippen molar-refractivity contribution >= 4 is 22.5 Å². The molecular weight excluding hydrogens is 238 g/mol. The van der Waals surface area contributed by atoms with Crippen molar-refractivity contribution in [3.05, 3.63) is 30.0 Å². The number of aryl methyl sites for hydroxylation is 1. The summed E-state index contributed by atoms with van der Waals surface area (Å²) < 4.78 is 0. The van der Waals surface area contributed by atoms with E-state index < -0.39 is 5.41 Å². The second kappa shape index (κ2) is 4.13. The molecule has 1 heterocycles. The molecule has 1 fully saturated rings. The summed E-state index contributed by atoms with van der Waals surface area (Å²) in [4.78, 5) is 15.5. The second-order valence-corrected chi connectivity index (χ2v) is 5.17. The zero-order valence-corrected chi connectivity index (χ0v) is 10.8. The number of carbonyl (C=O) groups is 1. The average molecular weight is 253 g/mol. The Balaban J connectivity index is 1.96. The summed E-state index contributed by atoms with van der Waals surface area (Å²) in [7, 11) is 0. The third-order valence-electron chi connectivity index (χ3n) is 3.99. The highest BCUT2D eigenvalue weighted by molar-refractivity contribution is 6.06. The van der Waals surface area contributed by atoms with Gasteiger partial charge in [-0.05, 0) is 32.3 Å². The van der Waals surface area contributed by atoms with Gasteiger partial charge in [0.05, 0.1) is 11.8 Å². The minimum atomic E-state index is -0.815. The van der Waals surface area contributed by atoms with Gasteiger partial charge in [-0.15, -0.1) is 0 Å². The van der Waals surface area contributed by atoms with E-state index in [1.54, 1.807) is 0 Å². The molecular formula is C15H15N3O. The van der Waals surface area contributed by atoms with Crippen LogP contribution in [0, 0.1) is 23.7 Å². The highest BCUT2D eigenvalue weighted by Crippen LogP contribution is 2.41. The van der Waals surface area contributed by atoms with Crippen molar-refractivity contribution in [3.63, 3.8) is 0 Å². The Morgan fingerprint density at radius 2 is 2.16 bits per heavy atom. The van der Waals surface area contributed by atoms with E-state index in [9.17, 15) is 10.1 Å². The molecule has 4 heteroatoms. The van der Waals surface area contributed by atoms with Gasteiger partial charge in [0.15, 0.2) is 0 Å². The third kappa shape index (κ3) is 1.70. The monoisotopic (exact) mass is 253 g/mol. The number of nitrogens with zero attached hydrogens (tertiary/aromatic N) is 1. The number of aromatic nitrogens is 1. The molecule has 0 saturated heterocycles. The normalized spacial score (nSPS) is 16.6. The van der Waals surface area contributed by atoms with Crippen molar-refractivity contribution in [3.8, 4) is 6.07 Å². The summed E-state index contributed by atoms with van der Waals surface area (Å²) in [6.07, 6.45) is 2.28. The number of nitrogens with one attached hydrogen (secondary N) is 2. The van der Waals surface area contributed by atoms with E-state index in [4.69, 9.17) is 0 Å². The van der Waals surface area contributed by atoms with Crippen molar-refractivity contribution in [1.82, 2.24) is 4.98 Å².